The molecule has 4 saturated carbocycles. The third-order valence-electron chi connectivity index (χ3n) is 14.7. The normalized spacial score (nSPS) is 49.0. The van der Waals surface area contributed by atoms with Gasteiger partial charge >= 0.3 is 23.9 Å². The van der Waals surface area contributed by atoms with Crippen LogP contribution in [-0.2, 0) is 52.3 Å². The summed E-state index contributed by atoms with van der Waals surface area (Å²) >= 11 is 0. The maximum atomic E-state index is 13.9. The molecule has 2 N–H and O–H groups in total. The number of furan rings is 1. The minimum absolute atomic E-state index is 0.0524. The van der Waals surface area contributed by atoms with Gasteiger partial charge in [0.15, 0.2) is 11.7 Å². The van der Waals surface area contributed by atoms with Gasteiger partial charge in [-0.2, -0.15) is 0 Å². The summed E-state index contributed by atoms with van der Waals surface area (Å²) in [6.45, 7) is 13.5. The van der Waals surface area contributed by atoms with E-state index in [9.17, 15) is 29.4 Å². The monoisotopic (exact) mass is 740 g/mol. The maximum Gasteiger partial charge on any atom is 0.333 e. The molecule has 14 heteroatoms. The third kappa shape index (κ3) is 3.68. The Morgan fingerprint density at radius 2 is 1.87 bits per heavy atom. The van der Waals surface area contributed by atoms with Crippen molar-refractivity contribution >= 4 is 23.9 Å². The molecule has 0 amide bonds. The van der Waals surface area contributed by atoms with Gasteiger partial charge in [-0.3, -0.25) is 9.59 Å². The predicted molar refractivity (Wildman–Crippen MR) is 179 cm³/mol. The molecular formula is C39H48O14. The van der Waals surface area contributed by atoms with Crippen LogP contribution in [0.5, 0.6) is 0 Å². The summed E-state index contributed by atoms with van der Waals surface area (Å²) in [5.74, 6) is -6.30. The Morgan fingerprint density at radius 1 is 1.15 bits per heavy atom. The Bertz CT molecular complexity index is 1870. The lowest BCUT2D eigenvalue weighted by Gasteiger charge is -2.76. The van der Waals surface area contributed by atoms with Crippen LogP contribution < -0.4 is 0 Å². The van der Waals surface area contributed by atoms with E-state index < -0.39 is 105 Å². The summed E-state index contributed by atoms with van der Waals surface area (Å²) < 4.78 is 51.0. The van der Waals surface area contributed by atoms with Gasteiger partial charge in [-0.25, -0.2) is 9.59 Å². The van der Waals surface area contributed by atoms with Crippen molar-refractivity contribution < 1.29 is 67.0 Å². The van der Waals surface area contributed by atoms with E-state index in [1.54, 1.807) is 39.8 Å². The molecule has 14 atom stereocenters. The first-order valence-corrected chi connectivity index (χ1v) is 18.3. The zero-order valence-electron chi connectivity index (χ0n) is 31.5. The molecule has 4 aliphatic carbocycles. The van der Waals surface area contributed by atoms with Crippen LogP contribution in [0.1, 0.15) is 92.7 Å². The number of cyclic esters (lactones) is 1. The summed E-state index contributed by atoms with van der Waals surface area (Å²) in [6.07, 6.45) is 0.337. The van der Waals surface area contributed by atoms with Gasteiger partial charge in [0.05, 0.1) is 25.7 Å². The minimum Gasteiger partial charge on any atom is -0.472 e. The van der Waals surface area contributed by atoms with Crippen LogP contribution in [0.4, 0.5) is 0 Å². The number of carbonyl (C=O) groups is 4. The number of allylic oxidation sites excluding steroid dienone is 1. The molecule has 0 aromatic carbocycles. The summed E-state index contributed by atoms with van der Waals surface area (Å²) in [5, 5.41) is 26.9. The van der Waals surface area contributed by atoms with E-state index in [1.165, 1.54) is 32.6 Å². The smallest absolute Gasteiger partial charge is 0.333 e. The van der Waals surface area contributed by atoms with Crippen LogP contribution in [0, 0.1) is 28.1 Å². The first kappa shape index (κ1) is 36.4. The molecule has 1 aromatic rings. The van der Waals surface area contributed by atoms with Crippen LogP contribution in [-0.4, -0.2) is 87.9 Å². The standard InChI is InChI=1S/C39H48O14/c1-10-19(3)29(44)49-30-33(7)18-35(45)34(8,23(33)14-26(42)46-9)38-25(41)16-32(6)24(15-27(43)48-28(32)22-12-13-47-17-22)36(38)31(37(30,35)50-21(5)40)51-39(52-36,53-38)20(4)11-2/h10,12-13,15,17,20,23,25,28,30-31,41,45H,11,14,16,18H2,1-9H3. The number of hydrogen-bond donors (Lipinski definition) is 2. The van der Waals surface area contributed by atoms with Gasteiger partial charge in [0.1, 0.15) is 23.4 Å². The zero-order valence-corrected chi connectivity index (χ0v) is 31.5. The maximum absolute atomic E-state index is 13.9. The SMILES string of the molecule is CC=C(C)C(=O)OC1C2(C)CC3(O)C1(OC(C)=O)C1OC4(C(C)CC)OC15C1=CC(=O)OC(c6ccoc6)C1(C)CC(O)C5(O4)C3(C)C2CC(=O)OC. The van der Waals surface area contributed by atoms with E-state index in [0.717, 1.165) is 0 Å². The molecule has 7 aliphatic rings. The number of fused-ring (bicyclic) bond motifs is 4. The average molecular weight is 741 g/mol. The largest absolute Gasteiger partial charge is 0.472 e. The molecule has 14 nitrogen and oxygen atoms in total. The zero-order chi connectivity index (χ0) is 38.5. The quantitative estimate of drug-likeness (QED) is 0.223. The van der Waals surface area contributed by atoms with Crippen molar-refractivity contribution in [2.24, 2.45) is 28.1 Å². The molecule has 3 aliphatic heterocycles. The molecule has 2 saturated heterocycles. The fraction of sp³-hybridized carbons (Fsp3) is 0.692. The van der Waals surface area contributed by atoms with Crippen molar-refractivity contribution in [2.75, 3.05) is 7.11 Å². The summed E-state index contributed by atoms with van der Waals surface area (Å²) in [4.78, 5) is 54.8. The van der Waals surface area contributed by atoms with E-state index in [4.69, 9.17) is 37.6 Å². The first-order valence-electron chi connectivity index (χ1n) is 18.3. The van der Waals surface area contributed by atoms with Crippen molar-refractivity contribution in [3.8, 4) is 0 Å². The fourth-order valence-corrected chi connectivity index (χ4v) is 12.4. The van der Waals surface area contributed by atoms with E-state index in [-0.39, 0.29) is 24.8 Å². The Morgan fingerprint density at radius 3 is 2.47 bits per heavy atom. The van der Waals surface area contributed by atoms with Crippen molar-refractivity contribution in [3.05, 3.63) is 47.5 Å². The number of esters is 4. The lowest BCUT2D eigenvalue weighted by molar-refractivity contribution is -0.465. The van der Waals surface area contributed by atoms with E-state index >= 15 is 0 Å². The number of methoxy groups -OCH3 is 1. The third-order valence-corrected chi connectivity index (χ3v) is 14.7. The highest BCUT2D eigenvalue weighted by Crippen LogP contribution is 2.88. The second-order valence-electron chi connectivity index (χ2n) is 16.9. The van der Waals surface area contributed by atoms with Crippen LogP contribution in [0.2, 0.25) is 0 Å². The Kier molecular flexibility index (Phi) is 7.43. The van der Waals surface area contributed by atoms with Gasteiger partial charge in [0, 0.05) is 52.7 Å². The lowest BCUT2D eigenvalue weighted by atomic mass is 9.34. The molecule has 0 radical (unpaired) electrons. The highest BCUT2D eigenvalue weighted by molar-refractivity contribution is 5.88. The van der Waals surface area contributed by atoms with Crippen molar-refractivity contribution in [1.82, 2.24) is 0 Å². The van der Waals surface area contributed by atoms with E-state index in [0.29, 0.717) is 17.6 Å². The van der Waals surface area contributed by atoms with Crippen LogP contribution in [0.25, 0.3) is 0 Å². The second kappa shape index (κ2) is 10.8. The summed E-state index contributed by atoms with van der Waals surface area (Å²) in [6, 6.07) is 1.67. The van der Waals surface area contributed by atoms with Crippen molar-refractivity contribution in [2.45, 2.75) is 134 Å². The van der Waals surface area contributed by atoms with Gasteiger partial charge in [0.25, 0.3) is 5.97 Å². The number of aliphatic hydroxyl groups excluding tert-OH is 1. The molecule has 6 fully saturated rings. The van der Waals surface area contributed by atoms with Gasteiger partial charge in [-0.15, -0.1) is 0 Å². The number of aliphatic hydroxyl groups is 2. The number of rotatable bonds is 8. The van der Waals surface area contributed by atoms with Gasteiger partial charge in [0.2, 0.25) is 5.60 Å². The molecule has 288 valence electrons. The van der Waals surface area contributed by atoms with Crippen LogP contribution in [0.15, 0.2) is 46.3 Å². The predicted octanol–water partition coefficient (Wildman–Crippen LogP) is 3.73. The molecule has 1 spiro atoms. The van der Waals surface area contributed by atoms with E-state index in [2.05, 4.69) is 0 Å². The summed E-state index contributed by atoms with van der Waals surface area (Å²) in [7, 11) is 1.25. The lowest BCUT2D eigenvalue weighted by Crippen LogP contribution is -2.95. The van der Waals surface area contributed by atoms with E-state index in [1.807, 2.05) is 20.8 Å². The first-order chi connectivity index (χ1) is 24.8. The van der Waals surface area contributed by atoms with Gasteiger partial charge in [-0.05, 0) is 50.7 Å². The highest BCUT2D eigenvalue weighted by atomic mass is 17.0. The molecule has 4 heterocycles. The topological polar surface area (TPSA) is 186 Å². The summed E-state index contributed by atoms with van der Waals surface area (Å²) in [5.41, 5.74) is -11.5. The van der Waals surface area contributed by atoms with Crippen LogP contribution >= 0.6 is 0 Å². The molecule has 8 rings (SSSR count). The van der Waals surface area contributed by atoms with Gasteiger partial charge < -0.3 is 47.8 Å². The molecule has 14 unspecified atom stereocenters. The highest BCUT2D eigenvalue weighted by Gasteiger charge is 3.04. The molecule has 53 heavy (non-hydrogen) atoms. The molecule has 4 bridgehead atoms. The second-order valence-corrected chi connectivity index (χ2v) is 16.9. The minimum atomic E-state index is -2.23. The van der Waals surface area contributed by atoms with Gasteiger partial charge in [-0.1, -0.05) is 40.7 Å². The number of ether oxygens (including phenoxy) is 7. The fourth-order valence-electron chi connectivity index (χ4n) is 12.4. The molecule has 1 aromatic heterocycles. The van der Waals surface area contributed by atoms with Crippen LogP contribution in [0.3, 0.4) is 0 Å². The Labute approximate surface area is 307 Å². The van der Waals surface area contributed by atoms with Crippen molar-refractivity contribution in [1.29, 1.82) is 0 Å². The molecular weight excluding hydrogens is 692 g/mol. The Balaban J connectivity index is 1.51. The Hall–Kier alpha value is -3.56. The number of carbonyl (C=O) groups excluding carboxylic acids is 4. The average Bonchev–Trinajstić information content (AvgIpc) is 3.90. The van der Waals surface area contributed by atoms with Crippen molar-refractivity contribution in [3.63, 3.8) is 0 Å². The number of hydrogen-bond acceptors (Lipinski definition) is 14.